The van der Waals surface area contributed by atoms with E-state index in [1.807, 2.05) is 6.92 Å². The molecule has 148 valence electrons. The molecule has 2 rings (SSSR count). The topological polar surface area (TPSA) is 77.2 Å². The van der Waals surface area contributed by atoms with Crippen molar-refractivity contribution >= 4 is 5.91 Å². The molecular weight excluding hydrogens is 363 g/mol. The fourth-order valence-corrected chi connectivity index (χ4v) is 2.26. The van der Waals surface area contributed by atoms with E-state index in [1.165, 1.54) is 0 Å². The third-order valence-electron chi connectivity index (χ3n) is 3.67. The lowest BCUT2D eigenvalue weighted by Crippen LogP contribution is -2.22. The number of carbonyl (C=O) groups excluding carboxylic acids is 1. The van der Waals surface area contributed by atoms with Gasteiger partial charge in [0.25, 0.3) is 0 Å². The summed E-state index contributed by atoms with van der Waals surface area (Å²) in [7, 11) is 0. The molecule has 1 amide bonds. The zero-order chi connectivity index (χ0) is 19.7. The van der Waals surface area contributed by atoms with Crippen molar-refractivity contribution in [1.82, 2.24) is 15.5 Å². The summed E-state index contributed by atoms with van der Waals surface area (Å²) in [5, 5.41) is 6.59. The number of nitrogens with one attached hydrogen (secondary N) is 1. The van der Waals surface area contributed by atoms with Crippen LogP contribution in [0, 0.1) is 0 Å². The van der Waals surface area contributed by atoms with Crippen LogP contribution in [0.1, 0.15) is 42.6 Å². The van der Waals surface area contributed by atoms with E-state index in [9.17, 15) is 18.0 Å². The number of nitrogens with zero attached hydrogens (tertiary/aromatic N) is 2. The second kappa shape index (κ2) is 10.1. The molecule has 27 heavy (non-hydrogen) atoms. The Kier molecular flexibility index (Phi) is 7.78. The molecule has 0 atom stereocenters. The minimum atomic E-state index is -4.33. The van der Waals surface area contributed by atoms with E-state index < -0.39 is 12.8 Å². The number of amides is 1. The largest absolute Gasteiger partial charge is 0.411 e. The van der Waals surface area contributed by atoms with Gasteiger partial charge in [-0.25, -0.2) is 0 Å². The number of carbonyl (C=O) groups is 1. The normalized spacial score (nSPS) is 11.6. The first-order valence-corrected chi connectivity index (χ1v) is 8.66. The Hall–Kier alpha value is -2.42. The molecule has 0 aliphatic rings. The fraction of sp³-hybridized carbons (Fsp3) is 0.500. The van der Waals surface area contributed by atoms with Gasteiger partial charge in [-0.15, -0.1) is 0 Å². The van der Waals surface area contributed by atoms with Crippen molar-refractivity contribution in [2.75, 3.05) is 6.61 Å². The smallest absolute Gasteiger partial charge is 0.367 e. The van der Waals surface area contributed by atoms with E-state index in [2.05, 4.69) is 20.2 Å². The van der Waals surface area contributed by atoms with Crippen LogP contribution in [0.4, 0.5) is 13.2 Å². The number of aryl methyl sites for hydroxylation is 2. The third-order valence-corrected chi connectivity index (χ3v) is 3.67. The predicted octanol–water partition coefficient (Wildman–Crippen LogP) is 3.35. The predicted molar refractivity (Wildman–Crippen MR) is 90.6 cm³/mol. The molecule has 1 N–H and O–H groups in total. The van der Waals surface area contributed by atoms with Crippen LogP contribution in [0.5, 0.6) is 0 Å². The average molecular weight is 385 g/mol. The van der Waals surface area contributed by atoms with Crippen LogP contribution in [-0.4, -0.2) is 28.8 Å². The molecule has 0 saturated heterocycles. The summed E-state index contributed by atoms with van der Waals surface area (Å²) < 4.78 is 45.7. The van der Waals surface area contributed by atoms with Crippen molar-refractivity contribution in [2.45, 2.75) is 51.9 Å². The summed E-state index contributed by atoms with van der Waals surface area (Å²) in [6.07, 6.45) is -2.13. The summed E-state index contributed by atoms with van der Waals surface area (Å²) in [5.74, 6) is 1.09. The standard InChI is InChI=1S/C18H22F3N3O3/c1-2-15-23-17(27-24-15)5-3-4-16(25)22-10-13-6-8-14(9-7-13)11-26-12-18(19,20)21/h6-9H,2-5,10-12H2,1H3,(H,22,25). The second-order valence-electron chi connectivity index (χ2n) is 6.01. The average Bonchev–Trinajstić information content (AvgIpc) is 3.08. The van der Waals surface area contributed by atoms with Crippen molar-refractivity contribution in [1.29, 1.82) is 0 Å². The number of halogens is 3. The van der Waals surface area contributed by atoms with Crippen LogP contribution < -0.4 is 5.32 Å². The summed E-state index contributed by atoms with van der Waals surface area (Å²) >= 11 is 0. The van der Waals surface area contributed by atoms with E-state index in [4.69, 9.17) is 4.52 Å². The van der Waals surface area contributed by atoms with Gasteiger partial charge in [-0.1, -0.05) is 36.3 Å². The van der Waals surface area contributed by atoms with Crippen molar-refractivity contribution in [3.63, 3.8) is 0 Å². The van der Waals surface area contributed by atoms with Gasteiger partial charge in [-0.05, 0) is 17.5 Å². The van der Waals surface area contributed by atoms with Gasteiger partial charge in [0.2, 0.25) is 11.8 Å². The summed E-state index contributed by atoms with van der Waals surface area (Å²) in [6.45, 7) is 0.906. The summed E-state index contributed by atoms with van der Waals surface area (Å²) in [5.41, 5.74) is 1.49. The van der Waals surface area contributed by atoms with Crippen molar-refractivity contribution in [2.24, 2.45) is 0 Å². The molecule has 0 saturated carbocycles. The molecule has 2 aromatic rings. The monoisotopic (exact) mass is 385 g/mol. The number of ether oxygens (including phenoxy) is 1. The lowest BCUT2D eigenvalue weighted by atomic mass is 10.1. The van der Waals surface area contributed by atoms with Crippen LogP contribution in [0.2, 0.25) is 0 Å². The molecule has 1 aromatic carbocycles. The molecule has 6 nitrogen and oxygen atoms in total. The maximum Gasteiger partial charge on any atom is 0.411 e. The zero-order valence-corrected chi connectivity index (χ0v) is 15.0. The van der Waals surface area contributed by atoms with Crippen molar-refractivity contribution in [3.8, 4) is 0 Å². The minimum absolute atomic E-state index is 0.0946. The maximum absolute atomic E-state index is 12.0. The van der Waals surface area contributed by atoms with Crippen LogP contribution in [0.25, 0.3) is 0 Å². The van der Waals surface area contributed by atoms with Crippen LogP contribution in [0.15, 0.2) is 28.8 Å². The molecule has 9 heteroatoms. The van der Waals surface area contributed by atoms with Crippen molar-refractivity contribution in [3.05, 3.63) is 47.1 Å². The Morgan fingerprint density at radius 3 is 2.56 bits per heavy atom. The minimum Gasteiger partial charge on any atom is -0.367 e. The van der Waals surface area contributed by atoms with E-state index in [0.29, 0.717) is 49.5 Å². The number of hydrogen-bond acceptors (Lipinski definition) is 5. The Balaban J connectivity index is 1.64. The van der Waals surface area contributed by atoms with E-state index >= 15 is 0 Å². The van der Waals surface area contributed by atoms with Crippen LogP contribution >= 0.6 is 0 Å². The Labute approximate surface area is 155 Å². The van der Waals surface area contributed by atoms with Crippen LogP contribution in [-0.2, 0) is 35.5 Å². The first-order chi connectivity index (χ1) is 12.9. The third kappa shape index (κ3) is 8.21. The quantitative estimate of drug-likeness (QED) is 0.679. The SMILES string of the molecule is CCc1noc(CCCC(=O)NCc2ccc(COCC(F)(F)F)cc2)n1. The first-order valence-electron chi connectivity index (χ1n) is 8.66. The number of alkyl halides is 3. The highest BCUT2D eigenvalue weighted by Crippen LogP contribution is 2.15. The van der Waals surface area contributed by atoms with Crippen molar-refractivity contribution < 1.29 is 27.2 Å². The highest BCUT2D eigenvalue weighted by atomic mass is 19.4. The second-order valence-corrected chi connectivity index (χ2v) is 6.01. The van der Waals surface area contributed by atoms with Gasteiger partial charge < -0.3 is 14.6 Å². The van der Waals surface area contributed by atoms with E-state index in [-0.39, 0.29) is 12.5 Å². The molecule has 0 aliphatic carbocycles. The van der Waals surface area contributed by atoms with Gasteiger partial charge >= 0.3 is 6.18 Å². The molecule has 1 aromatic heterocycles. The molecule has 1 heterocycles. The number of rotatable bonds is 10. The lowest BCUT2D eigenvalue weighted by molar-refractivity contribution is -0.176. The number of hydrogen-bond donors (Lipinski definition) is 1. The molecule has 0 radical (unpaired) electrons. The molecule has 0 bridgehead atoms. The number of aromatic nitrogens is 2. The van der Waals surface area contributed by atoms with Gasteiger partial charge in [-0.2, -0.15) is 18.2 Å². The Morgan fingerprint density at radius 1 is 1.22 bits per heavy atom. The Bertz CT molecular complexity index is 715. The fourth-order valence-electron chi connectivity index (χ4n) is 2.26. The molecular formula is C18H22F3N3O3. The Morgan fingerprint density at radius 2 is 1.93 bits per heavy atom. The molecule has 0 aliphatic heterocycles. The summed E-state index contributed by atoms with van der Waals surface area (Å²) in [6, 6.07) is 6.85. The van der Waals surface area contributed by atoms with Gasteiger partial charge in [0.15, 0.2) is 5.82 Å². The summed E-state index contributed by atoms with van der Waals surface area (Å²) in [4.78, 5) is 16.0. The zero-order valence-electron chi connectivity index (χ0n) is 15.0. The molecule has 0 unspecified atom stereocenters. The lowest BCUT2D eigenvalue weighted by Gasteiger charge is -2.09. The maximum atomic E-state index is 12.0. The van der Waals surface area contributed by atoms with Gasteiger partial charge in [0.1, 0.15) is 6.61 Å². The first kappa shape index (κ1) is 20.9. The van der Waals surface area contributed by atoms with Crippen LogP contribution in [0.3, 0.4) is 0 Å². The van der Waals surface area contributed by atoms with Gasteiger partial charge in [-0.3, -0.25) is 4.79 Å². The van der Waals surface area contributed by atoms with E-state index in [1.54, 1.807) is 24.3 Å². The molecule has 0 spiro atoms. The van der Waals surface area contributed by atoms with E-state index in [0.717, 1.165) is 5.56 Å². The molecule has 0 fully saturated rings. The van der Waals surface area contributed by atoms with Gasteiger partial charge in [0, 0.05) is 25.8 Å². The highest BCUT2D eigenvalue weighted by molar-refractivity contribution is 5.75. The highest BCUT2D eigenvalue weighted by Gasteiger charge is 2.27. The number of benzene rings is 1. The van der Waals surface area contributed by atoms with Gasteiger partial charge in [0.05, 0.1) is 6.61 Å².